The summed E-state index contributed by atoms with van der Waals surface area (Å²) < 4.78 is 6.33. The largest absolute Gasteiger partial charge is 0.464 e. The highest BCUT2D eigenvalue weighted by molar-refractivity contribution is 6.08. The summed E-state index contributed by atoms with van der Waals surface area (Å²) in [4.78, 5) is 26.3. The maximum absolute atomic E-state index is 13.2. The molecular weight excluding hydrogens is 364 g/mol. The summed E-state index contributed by atoms with van der Waals surface area (Å²) in [5.74, 6) is -1.05. The van der Waals surface area contributed by atoms with Crippen molar-refractivity contribution in [1.29, 1.82) is 0 Å². The van der Waals surface area contributed by atoms with Gasteiger partial charge in [-0.25, -0.2) is 0 Å². The Labute approximate surface area is 168 Å². The predicted molar refractivity (Wildman–Crippen MR) is 109 cm³/mol. The molecule has 3 aromatic rings. The van der Waals surface area contributed by atoms with Crippen molar-refractivity contribution < 1.29 is 14.3 Å². The Morgan fingerprint density at radius 1 is 0.931 bits per heavy atom. The molecule has 2 N–H and O–H groups in total. The Kier molecular flexibility index (Phi) is 4.09. The SMILES string of the molecule is O=C(Nc1ccccc1)C1C(=O)N[C@@]2(c3ccccc3)CC1c1ccccc1O2. The van der Waals surface area contributed by atoms with Crippen molar-refractivity contribution >= 4 is 17.5 Å². The number of piperidine rings is 1. The van der Waals surface area contributed by atoms with Crippen LogP contribution >= 0.6 is 0 Å². The standard InChI is InChI=1S/C24H20N2O3/c27-22(25-17-11-5-2-6-12-17)21-19-15-24(26-23(21)28,16-9-3-1-4-10-16)29-20-14-8-7-13-18(19)20/h1-14,19,21H,15H2,(H,25,27)(H,26,28)/t19?,21?,24-/m0/s1. The minimum Gasteiger partial charge on any atom is -0.464 e. The molecule has 1 saturated heterocycles. The Bertz CT molecular complexity index is 1070. The summed E-state index contributed by atoms with van der Waals surface area (Å²) >= 11 is 0. The highest BCUT2D eigenvalue weighted by atomic mass is 16.5. The van der Waals surface area contributed by atoms with Crippen molar-refractivity contribution in [3.05, 3.63) is 96.1 Å². The van der Waals surface area contributed by atoms with E-state index in [0.29, 0.717) is 17.9 Å². The van der Waals surface area contributed by atoms with E-state index in [1.54, 1.807) is 0 Å². The summed E-state index contributed by atoms with van der Waals surface area (Å²) in [6.07, 6.45) is 0.493. The summed E-state index contributed by atoms with van der Waals surface area (Å²) in [7, 11) is 0. The van der Waals surface area contributed by atoms with Gasteiger partial charge in [-0.2, -0.15) is 0 Å². The number of carbonyl (C=O) groups excluding carboxylic acids is 2. The minimum absolute atomic E-state index is 0.280. The molecule has 2 heterocycles. The molecule has 2 aliphatic rings. The average Bonchev–Trinajstić information content (AvgIpc) is 2.75. The maximum Gasteiger partial charge on any atom is 0.237 e. The highest BCUT2D eigenvalue weighted by Gasteiger charge is 2.54. The number of nitrogens with one attached hydrogen (secondary N) is 2. The fourth-order valence-corrected chi connectivity index (χ4v) is 4.36. The molecule has 29 heavy (non-hydrogen) atoms. The third-order valence-electron chi connectivity index (χ3n) is 5.68. The monoisotopic (exact) mass is 384 g/mol. The smallest absolute Gasteiger partial charge is 0.237 e. The van der Waals surface area contributed by atoms with Crippen molar-refractivity contribution in [3.8, 4) is 5.75 Å². The molecule has 5 nitrogen and oxygen atoms in total. The molecule has 0 aliphatic carbocycles. The number of ether oxygens (including phenoxy) is 1. The van der Waals surface area contributed by atoms with Crippen LogP contribution in [-0.2, 0) is 15.3 Å². The van der Waals surface area contributed by atoms with Crippen LogP contribution in [0.25, 0.3) is 0 Å². The van der Waals surface area contributed by atoms with E-state index in [2.05, 4.69) is 10.6 Å². The third-order valence-corrected chi connectivity index (χ3v) is 5.68. The molecule has 0 spiro atoms. The lowest BCUT2D eigenvalue weighted by atomic mass is 9.72. The first-order chi connectivity index (χ1) is 14.2. The lowest BCUT2D eigenvalue weighted by Crippen LogP contribution is -2.62. The van der Waals surface area contributed by atoms with Gasteiger partial charge in [-0.3, -0.25) is 9.59 Å². The molecule has 0 radical (unpaired) electrons. The second-order valence-corrected chi connectivity index (χ2v) is 7.47. The van der Waals surface area contributed by atoms with Gasteiger partial charge in [-0.1, -0.05) is 66.7 Å². The van der Waals surface area contributed by atoms with Crippen molar-refractivity contribution in [2.45, 2.75) is 18.1 Å². The fraction of sp³-hybridized carbons (Fsp3) is 0.167. The third kappa shape index (κ3) is 2.95. The molecule has 2 bridgehead atoms. The first-order valence-corrected chi connectivity index (χ1v) is 9.68. The van der Waals surface area contributed by atoms with E-state index in [-0.39, 0.29) is 17.7 Å². The van der Waals surface area contributed by atoms with Crippen LogP contribution in [-0.4, -0.2) is 11.8 Å². The zero-order chi connectivity index (χ0) is 19.8. The van der Waals surface area contributed by atoms with Crippen LogP contribution < -0.4 is 15.4 Å². The molecule has 0 saturated carbocycles. The Hall–Kier alpha value is -3.60. The Balaban J connectivity index is 1.56. The van der Waals surface area contributed by atoms with Crippen molar-refractivity contribution in [2.75, 3.05) is 5.32 Å². The van der Waals surface area contributed by atoms with Gasteiger partial charge >= 0.3 is 0 Å². The van der Waals surface area contributed by atoms with Gasteiger partial charge < -0.3 is 15.4 Å². The van der Waals surface area contributed by atoms with Crippen molar-refractivity contribution in [3.63, 3.8) is 0 Å². The van der Waals surface area contributed by atoms with Crippen LogP contribution in [0.5, 0.6) is 5.75 Å². The number of benzene rings is 3. The second kappa shape index (κ2) is 6.78. The Morgan fingerprint density at radius 3 is 2.34 bits per heavy atom. The second-order valence-electron chi connectivity index (χ2n) is 7.47. The van der Waals surface area contributed by atoms with Crippen molar-refractivity contribution in [2.24, 2.45) is 5.92 Å². The number of hydrogen-bond acceptors (Lipinski definition) is 3. The number of anilines is 1. The van der Waals surface area contributed by atoms with Crippen molar-refractivity contribution in [1.82, 2.24) is 5.32 Å². The zero-order valence-electron chi connectivity index (χ0n) is 15.7. The minimum atomic E-state index is -0.971. The molecule has 1 fully saturated rings. The summed E-state index contributed by atoms with van der Waals surface area (Å²) in [6, 6.07) is 26.5. The molecule has 0 aromatic heterocycles. The Morgan fingerprint density at radius 2 is 1.59 bits per heavy atom. The average molecular weight is 384 g/mol. The van der Waals surface area contributed by atoms with Crippen LogP contribution in [0, 0.1) is 5.92 Å². The van der Waals surface area contributed by atoms with Gasteiger partial charge in [0.25, 0.3) is 0 Å². The molecule has 3 atom stereocenters. The van der Waals surface area contributed by atoms with Gasteiger partial charge in [0.15, 0.2) is 0 Å². The molecule has 5 rings (SSSR count). The summed E-state index contributed by atoms with van der Waals surface area (Å²) in [5.41, 5.74) is 1.46. The predicted octanol–water partition coefficient (Wildman–Crippen LogP) is 3.79. The van der Waals surface area contributed by atoms with Gasteiger partial charge in [0.05, 0.1) is 0 Å². The lowest BCUT2D eigenvalue weighted by molar-refractivity contribution is -0.147. The van der Waals surface area contributed by atoms with E-state index in [0.717, 1.165) is 11.1 Å². The first-order valence-electron chi connectivity index (χ1n) is 9.68. The quantitative estimate of drug-likeness (QED) is 0.675. The summed E-state index contributed by atoms with van der Waals surface area (Å²) in [5, 5.41) is 5.90. The maximum atomic E-state index is 13.2. The van der Waals surface area contributed by atoms with Gasteiger partial charge in [-0.05, 0) is 23.8 Å². The van der Waals surface area contributed by atoms with E-state index >= 15 is 0 Å². The molecule has 2 amide bonds. The molecule has 144 valence electrons. The number of carbonyl (C=O) groups is 2. The number of amides is 2. The molecule has 2 aliphatic heterocycles. The first kappa shape index (κ1) is 17.5. The zero-order valence-corrected chi connectivity index (χ0v) is 15.7. The van der Waals surface area contributed by atoms with E-state index in [1.165, 1.54) is 0 Å². The normalized spacial score (nSPS) is 24.6. The van der Waals surface area contributed by atoms with E-state index in [9.17, 15) is 9.59 Å². The number of hydrogen-bond donors (Lipinski definition) is 2. The lowest BCUT2D eigenvalue weighted by Gasteiger charge is -2.48. The number of rotatable bonds is 3. The van der Waals surface area contributed by atoms with Gasteiger partial charge in [-0.15, -0.1) is 0 Å². The van der Waals surface area contributed by atoms with Crippen LogP contribution in [0.1, 0.15) is 23.5 Å². The van der Waals surface area contributed by atoms with Crippen LogP contribution in [0.2, 0.25) is 0 Å². The van der Waals surface area contributed by atoms with E-state index in [4.69, 9.17) is 4.74 Å². The molecule has 3 aromatic carbocycles. The van der Waals surface area contributed by atoms with Gasteiger partial charge in [0.2, 0.25) is 17.5 Å². The highest BCUT2D eigenvalue weighted by Crippen LogP contribution is 2.50. The topological polar surface area (TPSA) is 67.4 Å². The molecule has 5 heteroatoms. The van der Waals surface area contributed by atoms with Crippen LogP contribution in [0.15, 0.2) is 84.9 Å². The molecule has 2 unspecified atom stereocenters. The van der Waals surface area contributed by atoms with E-state index < -0.39 is 11.6 Å². The molecular formula is C24H20N2O3. The van der Waals surface area contributed by atoms with Crippen LogP contribution in [0.4, 0.5) is 5.69 Å². The number of fused-ring (bicyclic) bond motifs is 4. The van der Waals surface area contributed by atoms with Gasteiger partial charge in [0.1, 0.15) is 11.7 Å². The van der Waals surface area contributed by atoms with E-state index in [1.807, 2.05) is 84.9 Å². The van der Waals surface area contributed by atoms with Crippen LogP contribution in [0.3, 0.4) is 0 Å². The van der Waals surface area contributed by atoms with Gasteiger partial charge in [0, 0.05) is 23.6 Å². The number of para-hydroxylation sites is 2. The summed E-state index contributed by atoms with van der Waals surface area (Å²) in [6.45, 7) is 0. The fourth-order valence-electron chi connectivity index (χ4n) is 4.36.